The quantitative estimate of drug-likeness (QED) is 0.566. The Morgan fingerprint density at radius 1 is 1.18 bits per heavy atom. The molecule has 1 fully saturated rings. The van der Waals surface area contributed by atoms with Crippen LogP contribution in [0.15, 0.2) is 48.5 Å². The number of benzene rings is 2. The fraction of sp³-hybridized carbons (Fsp3) is 0.440. The lowest BCUT2D eigenvalue weighted by atomic mass is 9.84. The van der Waals surface area contributed by atoms with E-state index in [1.54, 1.807) is 6.07 Å². The first-order valence-corrected chi connectivity index (χ1v) is 11.2. The van der Waals surface area contributed by atoms with Gasteiger partial charge in [0, 0.05) is 24.3 Å². The smallest absolute Gasteiger partial charge is 0.250 e. The topological polar surface area (TPSA) is 106 Å². The zero-order chi connectivity index (χ0) is 23.4. The predicted molar refractivity (Wildman–Crippen MR) is 122 cm³/mol. The van der Waals surface area contributed by atoms with Crippen molar-refractivity contribution < 1.29 is 28.9 Å². The molecule has 0 saturated carbocycles. The molecule has 8 heteroatoms. The zero-order valence-electron chi connectivity index (χ0n) is 18.8. The Hall–Kier alpha value is -2.94. The van der Waals surface area contributed by atoms with E-state index in [1.807, 2.05) is 49.4 Å². The average Bonchev–Trinajstić information content (AvgIpc) is 3.17. The number of rotatable bonds is 8. The molecule has 2 aromatic rings. The lowest BCUT2D eigenvalue weighted by molar-refractivity contribution is -0.142. The molecule has 2 aliphatic rings. The molecule has 5 atom stereocenters. The van der Waals surface area contributed by atoms with Crippen molar-refractivity contribution in [3.8, 4) is 5.75 Å². The van der Waals surface area contributed by atoms with Gasteiger partial charge in [-0.05, 0) is 37.1 Å². The molecule has 2 heterocycles. The Morgan fingerprint density at radius 2 is 1.97 bits per heavy atom. The van der Waals surface area contributed by atoms with Crippen LogP contribution in [-0.2, 0) is 19.1 Å². The number of aliphatic hydroxyl groups excluding tert-OH is 1. The molecular weight excluding hydrogens is 424 g/mol. The molecule has 0 aromatic heterocycles. The Morgan fingerprint density at radius 3 is 2.70 bits per heavy atom. The van der Waals surface area contributed by atoms with E-state index in [2.05, 4.69) is 10.6 Å². The number of nitrogens with one attached hydrogen (secondary N) is 2. The predicted octanol–water partition coefficient (Wildman–Crippen LogP) is 2.53. The van der Waals surface area contributed by atoms with E-state index in [0.717, 1.165) is 11.1 Å². The normalized spacial score (nSPS) is 24.2. The van der Waals surface area contributed by atoms with Gasteiger partial charge in [-0.1, -0.05) is 30.3 Å². The van der Waals surface area contributed by atoms with Crippen LogP contribution in [0.4, 0.5) is 5.69 Å². The van der Waals surface area contributed by atoms with E-state index in [4.69, 9.17) is 14.2 Å². The zero-order valence-corrected chi connectivity index (χ0v) is 18.8. The first kappa shape index (κ1) is 23.2. The molecule has 176 valence electrons. The van der Waals surface area contributed by atoms with E-state index in [-0.39, 0.29) is 55.6 Å². The molecule has 0 bridgehead atoms. The molecule has 2 aromatic carbocycles. The van der Waals surface area contributed by atoms with Crippen molar-refractivity contribution in [1.29, 1.82) is 0 Å². The molecular formula is C25H30N2O6. The summed E-state index contributed by atoms with van der Waals surface area (Å²) in [7, 11) is 1.47. The molecule has 1 saturated heterocycles. The Kier molecular flexibility index (Phi) is 7.27. The second-order valence-electron chi connectivity index (χ2n) is 8.54. The van der Waals surface area contributed by atoms with Gasteiger partial charge in [-0.2, -0.15) is 0 Å². The number of anilines is 1. The highest BCUT2D eigenvalue weighted by Gasteiger charge is 2.46. The number of methoxy groups -OCH3 is 1. The van der Waals surface area contributed by atoms with E-state index in [9.17, 15) is 14.7 Å². The van der Waals surface area contributed by atoms with Gasteiger partial charge >= 0.3 is 0 Å². The fourth-order valence-electron chi connectivity index (χ4n) is 4.63. The molecule has 0 spiro atoms. The maximum atomic E-state index is 12.7. The van der Waals surface area contributed by atoms with Crippen LogP contribution in [0.5, 0.6) is 5.75 Å². The van der Waals surface area contributed by atoms with Crippen LogP contribution in [0.3, 0.4) is 0 Å². The van der Waals surface area contributed by atoms with Gasteiger partial charge < -0.3 is 30.0 Å². The lowest BCUT2D eigenvalue weighted by Crippen LogP contribution is -2.47. The average molecular weight is 455 g/mol. The molecule has 2 aliphatic heterocycles. The van der Waals surface area contributed by atoms with Crippen molar-refractivity contribution in [2.24, 2.45) is 0 Å². The summed E-state index contributed by atoms with van der Waals surface area (Å²) in [5.41, 5.74) is 2.63. The number of hydrogen-bond donors (Lipinski definition) is 3. The van der Waals surface area contributed by atoms with E-state index in [1.165, 1.54) is 7.11 Å². The molecule has 2 amide bonds. The van der Waals surface area contributed by atoms with Crippen molar-refractivity contribution in [3.05, 3.63) is 59.7 Å². The maximum absolute atomic E-state index is 12.7. The number of ether oxygens (including phenoxy) is 3. The highest BCUT2D eigenvalue weighted by Crippen LogP contribution is 2.47. The van der Waals surface area contributed by atoms with Gasteiger partial charge in [0.2, 0.25) is 11.8 Å². The second-order valence-corrected chi connectivity index (χ2v) is 8.54. The van der Waals surface area contributed by atoms with Crippen LogP contribution in [0.1, 0.15) is 42.9 Å². The monoisotopic (exact) mass is 454 g/mol. The maximum Gasteiger partial charge on any atom is 0.250 e. The number of hydrogen-bond acceptors (Lipinski definition) is 6. The molecule has 3 N–H and O–H groups in total. The standard InChI is InChI=1S/C25H30N2O6/c1-15(16-6-4-3-5-7-16)26-23(29)12-18-11-20-19-10-17(27-24(30)14-31-2)8-9-21(19)33-25(20)22(13-28)32-18/h3-10,15,18,20,22,25,28H,11-14H2,1-2H3,(H,26,29)(H,27,30)/t15-,18-,20+,22-,25-/m1/s1. The van der Waals surface area contributed by atoms with Crippen molar-refractivity contribution in [1.82, 2.24) is 5.32 Å². The summed E-state index contributed by atoms with van der Waals surface area (Å²) in [4.78, 5) is 24.6. The Labute approximate surface area is 193 Å². The van der Waals surface area contributed by atoms with Crippen LogP contribution in [0.25, 0.3) is 0 Å². The summed E-state index contributed by atoms with van der Waals surface area (Å²) in [6.07, 6.45) is -0.454. The second kappa shape index (κ2) is 10.3. The number of carbonyl (C=O) groups is 2. The van der Waals surface area contributed by atoms with Crippen molar-refractivity contribution >= 4 is 17.5 Å². The van der Waals surface area contributed by atoms with Crippen LogP contribution in [-0.4, -0.2) is 55.6 Å². The summed E-state index contributed by atoms with van der Waals surface area (Å²) in [6.45, 7) is 1.71. The fourth-order valence-corrected chi connectivity index (χ4v) is 4.63. The van der Waals surface area contributed by atoms with Gasteiger partial charge in [0.1, 0.15) is 24.6 Å². The highest BCUT2D eigenvalue weighted by atomic mass is 16.6. The van der Waals surface area contributed by atoms with Gasteiger partial charge in [0.25, 0.3) is 0 Å². The third kappa shape index (κ3) is 5.35. The molecule has 0 radical (unpaired) electrons. The summed E-state index contributed by atoms with van der Waals surface area (Å²) >= 11 is 0. The summed E-state index contributed by atoms with van der Waals surface area (Å²) in [5, 5.41) is 15.8. The summed E-state index contributed by atoms with van der Waals surface area (Å²) in [6, 6.07) is 15.1. The molecule has 8 nitrogen and oxygen atoms in total. The van der Waals surface area contributed by atoms with Gasteiger partial charge in [-0.3, -0.25) is 9.59 Å². The molecule has 4 rings (SSSR count). The van der Waals surface area contributed by atoms with E-state index >= 15 is 0 Å². The summed E-state index contributed by atoms with van der Waals surface area (Å²) < 4.78 is 17.0. The van der Waals surface area contributed by atoms with E-state index < -0.39 is 6.10 Å². The number of amides is 2. The molecule has 33 heavy (non-hydrogen) atoms. The molecule has 0 unspecified atom stereocenters. The first-order chi connectivity index (χ1) is 16.0. The van der Waals surface area contributed by atoms with Crippen LogP contribution >= 0.6 is 0 Å². The van der Waals surface area contributed by atoms with E-state index in [0.29, 0.717) is 17.9 Å². The van der Waals surface area contributed by atoms with Gasteiger partial charge in [-0.15, -0.1) is 0 Å². The van der Waals surface area contributed by atoms with Crippen LogP contribution in [0.2, 0.25) is 0 Å². The third-order valence-corrected chi connectivity index (χ3v) is 6.15. The number of fused-ring (bicyclic) bond motifs is 3. The van der Waals surface area contributed by atoms with Crippen molar-refractivity contribution in [2.45, 2.75) is 50.0 Å². The Bertz CT molecular complexity index is 982. The van der Waals surface area contributed by atoms with Gasteiger partial charge in [0.15, 0.2) is 0 Å². The van der Waals surface area contributed by atoms with Gasteiger partial charge in [0.05, 0.1) is 25.2 Å². The number of carbonyl (C=O) groups excluding carboxylic acids is 2. The third-order valence-electron chi connectivity index (χ3n) is 6.15. The lowest BCUT2D eigenvalue weighted by Gasteiger charge is -2.37. The van der Waals surface area contributed by atoms with Crippen LogP contribution < -0.4 is 15.4 Å². The largest absolute Gasteiger partial charge is 0.487 e. The van der Waals surface area contributed by atoms with Crippen molar-refractivity contribution in [2.75, 3.05) is 25.6 Å². The first-order valence-electron chi connectivity index (χ1n) is 11.2. The summed E-state index contributed by atoms with van der Waals surface area (Å²) in [5.74, 6) is 0.315. The van der Waals surface area contributed by atoms with Crippen molar-refractivity contribution in [3.63, 3.8) is 0 Å². The minimum absolute atomic E-state index is 0.0291. The minimum atomic E-state index is -0.535. The van der Waals surface area contributed by atoms with Gasteiger partial charge in [-0.25, -0.2) is 0 Å². The molecule has 0 aliphatic carbocycles. The van der Waals surface area contributed by atoms with Crippen LogP contribution in [0, 0.1) is 0 Å². The number of aliphatic hydroxyl groups is 1. The minimum Gasteiger partial charge on any atom is -0.487 e. The SMILES string of the molecule is COCC(=O)Nc1ccc2c(c1)[C@@H]1C[C@H](CC(=O)N[C@H](C)c3ccccc3)O[C@H](CO)[C@@H]1O2. The Balaban J connectivity index is 1.44. The highest BCUT2D eigenvalue weighted by molar-refractivity contribution is 5.92.